The quantitative estimate of drug-likeness (QED) is 0.411. The second-order valence-electron chi connectivity index (χ2n) is 9.85. The number of halogens is 1. The minimum absolute atomic E-state index is 0.0224. The van der Waals surface area contributed by atoms with E-state index in [0.29, 0.717) is 31.0 Å². The number of nitrogens with zero attached hydrogens (tertiary/aromatic N) is 2. The SMILES string of the molecule is COc1ccc(C(=O)N2CCN(c3cccc(Cl)c3)CC2)cc1COc1ccc(C(C)(C)C)cc1. The van der Waals surface area contributed by atoms with Gasteiger partial charge in [-0.15, -0.1) is 0 Å². The Hall–Kier alpha value is -3.18. The first-order valence-corrected chi connectivity index (χ1v) is 12.3. The predicted octanol–water partition coefficient (Wildman–Crippen LogP) is 6.19. The van der Waals surface area contributed by atoms with Crippen LogP contribution >= 0.6 is 11.6 Å². The van der Waals surface area contributed by atoms with Gasteiger partial charge >= 0.3 is 0 Å². The number of carbonyl (C=O) groups excluding carboxylic acids is 1. The van der Waals surface area contributed by atoms with Crippen LogP contribution in [0.15, 0.2) is 66.7 Å². The van der Waals surface area contributed by atoms with E-state index in [1.54, 1.807) is 7.11 Å². The maximum atomic E-state index is 13.3. The fraction of sp³-hybridized carbons (Fsp3) is 0.345. The van der Waals surface area contributed by atoms with E-state index in [1.165, 1.54) is 5.56 Å². The van der Waals surface area contributed by atoms with Gasteiger partial charge in [0.2, 0.25) is 0 Å². The minimum atomic E-state index is 0.0224. The molecule has 1 saturated heterocycles. The van der Waals surface area contributed by atoms with Crippen molar-refractivity contribution in [2.45, 2.75) is 32.8 Å². The molecule has 0 saturated carbocycles. The van der Waals surface area contributed by atoms with Gasteiger partial charge in [0.05, 0.1) is 7.11 Å². The summed E-state index contributed by atoms with van der Waals surface area (Å²) in [6.07, 6.45) is 0. The van der Waals surface area contributed by atoms with Crippen molar-refractivity contribution < 1.29 is 14.3 Å². The Morgan fingerprint density at radius 2 is 1.66 bits per heavy atom. The average molecular weight is 493 g/mol. The van der Waals surface area contributed by atoms with Crippen molar-refractivity contribution in [1.29, 1.82) is 0 Å². The van der Waals surface area contributed by atoms with Crippen molar-refractivity contribution >= 4 is 23.2 Å². The van der Waals surface area contributed by atoms with E-state index in [0.717, 1.165) is 35.1 Å². The third-order valence-electron chi connectivity index (χ3n) is 6.38. The Bertz CT molecular complexity index is 1160. The summed E-state index contributed by atoms with van der Waals surface area (Å²) < 4.78 is 11.6. The van der Waals surface area contributed by atoms with Crippen LogP contribution < -0.4 is 14.4 Å². The van der Waals surface area contributed by atoms with Gasteiger partial charge in [0.15, 0.2) is 0 Å². The Morgan fingerprint density at radius 1 is 0.943 bits per heavy atom. The lowest BCUT2D eigenvalue weighted by atomic mass is 9.87. The standard InChI is InChI=1S/C29H33ClN2O3/c1-29(2,3)23-9-11-26(12-10-23)35-20-22-18-21(8-13-27(22)34-4)28(33)32-16-14-31(15-17-32)25-7-5-6-24(30)19-25/h5-13,18-19H,14-17,20H2,1-4H3. The number of methoxy groups -OCH3 is 1. The highest BCUT2D eigenvalue weighted by atomic mass is 35.5. The normalized spacial score (nSPS) is 14.1. The maximum Gasteiger partial charge on any atom is 0.253 e. The van der Waals surface area contributed by atoms with E-state index in [-0.39, 0.29) is 11.3 Å². The maximum absolute atomic E-state index is 13.3. The Kier molecular flexibility index (Phi) is 7.56. The zero-order chi connectivity index (χ0) is 25.0. The molecule has 3 aromatic carbocycles. The fourth-order valence-electron chi connectivity index (χ4n) is 4.26. The number of amides is 1. The van der Waals surface area contributed by atoms with E-state index in [2.05, 4.69) is 43.9 Å². The number of benzene rings is 3. The lowest BCUT2D eigenvalue weighted by molar-refractivity contribution is 0.0746. The van der Waals surface area contributed by atoms with Crippen molar-refractivity contribution in [2.24, 2.45) is 0 Å². The number of piperazine rings is 1. The van der Waals surface area contributed by atoms with Crippen LogP contribution in [0.3, 0.4) is 0 Å². The number of anilines is 1. The molecule has 0 atom stereocenters. The molecule has 0 unspecified atom stereocenters. The van der Waals surface area contributed by atoms with Crippen molar-refractivity contribution in [3.8, 4) is 11.5 Å². The van der Waals surface area contributed by atoms with E-state index in [1.807, 2.05) is 53.4 Å². The molecule has 1 aliphatic heterocycles. The predicted molar refractivity (Wildman–Crippen MR) is 142 cm³/mol. The van der Waals surface area contributed by atoms with Gasteiger partial charge in [-0.2, -0.15) is 0 Å². The van der Waals surface area contributed by atoms with Crippen LogP contribution in [0.2, 0.25) is 5.02 Å². The fourth-order valence-corrected chi connectivity index (χ4v) is 4.44. The lowest BCUT2D eigenvalue weighted by Gasteiger charge is -2.36. The molecule has 184 valence electrons. The summed E-state index contributed by atoms with van der Waals surface area (Å²) >= 11 is 6.14. The van der Waals surface area contributed by atoms with Gasteiger partial charge in [-0.3, -0.25) is 4.79 Å². The van der Waals surface area contributed by atoms with Crippen LogP contribution in [-0.4, -0.2) is 44.1 Å². The Labute approximate surface area is 213 Å². The summed E-state index contributed by atoms with van der Waals surface area (Å²) in [6.45, 7) is 9.73. The molecule has 0 radical (unpaired) electrons. The van der Waals surface area contributed by atoms with Crippen molar-refractivity contribution in [1.82, 2.24) is 4.90 Å². The number of hydrogen-bond donors (Lipinski definition) is 0. The molecule has 5 nitrogen and oxygen atoms in total. The molecule has 0 aliphatic carbocycles. The molecule has 0 spiro atoms. The largest absolute Gasteiger partial charge is 0.496 e. The number of hydrogen-bond acceptors (Lipinski definition) is 4. The zero-order valence-corrected chi connectivity index (χ0v) is 21.6. The molecule has 3 aromatic rings. The van der Waals surface area contributed by atoms with Gasteiger partial charge in [0.25, 0.3) is 5.91 Å². The monoisotopic (exact) mass is 492 g/mol. The molecular weight excluding hydrogens is 460 g/mol. The second-order valence-corrected chi connectivity index (χ2v) is 10.3. The first kappa shape index (κ1) is 24.9. The van der Waals surface area contributed by atoms with Crippen molar-refractivity contribution in [2.75, 3.05) is 38.2 Å². The van der Waals surface area contributed by atoms with Crippen LogP contribution in [-0.2, 0) is 12.0 Å². The second kappa shape index (κ2) is 10.6. The molecule has 1 fully saturated rings. The number of rotatable bonds is 6. The summed E-state index contributed by atoms with van der Waals surface area (Å²) in [5.41, 5.74) is 3.92. The van der Waals surface area contributed by atoms with Crippen molar-refractivity contribution in [3.05, 3.63) is 88.4 Å². The van der Waals surface area contributed by atoms with Gasteiger partial charge in [-0.05, 0) is 59.5 Å². The molecular formula is C29H33ClN2O3. The molecule has 35 heavy (non-hydrogen) atoms. The Balaban J connectivity index is 1.41. The van der Waals surface area contributed by atoms with Gasteiger partial charge in [0.1, 0.15) is 18.1 Å². The average Bonchev–Trinajstić information content (AvgIpc) is 2.86. The van der Waals surface area contributed by atoms with Crippen LogP contribution in [0, 0.1) is 0 Å². The van der Waals surface area contributed by atoms with Crippen LogP contribution in [0.25, 0.3) is 0 Å². The minimum Gasteiger partial charge on any atom is -0.496 e. The van der Waals surface area contributed by atoms with Crippen LogP contribution in [0.5, 0.6) is 11.5 Å². The van der Waals surface area contributed by atoms with E-state index in [9.17, 15) is 4.79 Å². The lowest BCUT2D eigenvalue weighted by Crippen LogP contribution is -2.48. The van der Waals surface area contributed by atoms with Gasteiger partial charge in [-0.1, -0.05) is 50.6 Å². The summed E-state index contributed by atoms with van der Waals surface area (Å²) in [4.78, 5) is 17.4. The summed E-state index contributed by atoms with van der Waals surface area (Å²) in [5, 5.41) is 0.721. The number of ether oxygens (including phenoxy) is 2. The molecule has 4 rings (SSSR count). The van der Waals surface area contributed by atoms with Crippen molar-refractivity contribution in [3.63, 3.8) is 0 Å². The van der Waals surface area contributed by atoms with Gasteiger partial charge < -0.3 is 19.3 Å². The van der Waals surface area contributed by atoms with Gasteiger partial charge in [-0.25, -0.2) is 0 Å². The van der Waals surface area contributed by atoms with Crippen LogP contribution in [0.4, 0.5) is 5.69 Å². The summed E-state index contributed by atoms with van der Waals surface area (Å²) in [7, 11) is 1.63. The molecule has 0 bridgehead atoms. The molecule has 6 heteroatoms. The first-order chi connectivity index (χ1) is 16.7. The molecule has 1 heterocycles. The first-order valence-electron chi connectivity index (χ1n) is 11.9. The highest BCUT2D eigenvalue weighted by molar-refractivity contribution is 6.30. The summed E-state index contributed by atoms with van der Waals surface area (Å²) in [6, 6.07) is 21.6. The zero-order valence-electron chi connectivity index (χ0n) is 20.9. The van der Waals surface area contributed by atoms with E-state index < -0.39 is 0 Å². The van der Waals surface area contributed by atoms with Gasteiger partial charge in [0, 0.05) is 48.0 Å². The molecule has 1 aliphatic rings. The third-order valence-corrected chi connectivity index (χ3v) is 6.62. The molecule has 0 aromatic heterocycles. The molecule has 0 N–H and O–H groups in total. The van der Waals surface area contributed by atoms with E-state index in [4.69, 9.17) is 21.1 Å². The summed E-state index contributed by atoms with van der Waals surface area (Å²) in [5.74, 6) is 1.52. The smallest absolute Gasteiger partial charge is 0.253 e. The highest BCUT2D eigenvalue weighted by Gasteiger charge is 2.23. The number of carbonyl (C=O) groups is 1. The molecule has 1 amide bonds. The van der Waals surface area contributed by atoms with E-state index >= 15 is 0 Å². The Morgan fingerprint density at radius 3 is 2.29 bits per heavy atom. The van der Waals surface area contributed by atoms with Crippen LogP contribution in [0.1, 0.15) is 42.3 Å². The third kappa shape index (κ3) is 6.09. The highest BCUT2D eigenvalue weighted by Crippen LogP contribution is 2.27. The topological polar surface area (TPSA) is 42.0 Å².